The van der Waals surface area contributed by atoms with E-state index >= 15 is 0 Å². The second-order valence-corrected chi connectivity index (χ2v) is 11.5. The Labute approximate surface area is 216 Å². The lowest BCUT2D eigenvalue weighted by molar-refractivity contribution is -0.139. The Balaban J connectivity index is 2.41. The van der Waals surface area contributed by atoms with Crippen LogP contribution in [0.1, 0.15) is 26.3 Å². The highest BCUT2D eigenvalue weighted by Gasteiger charge is 2.31. The summed E-state index contributed by atoms with van der Waals surface area (Å²) >= 11 is 18.5. The fourth-order valence-corrected chi connectivity index (χ4v) is 4.74. The van der Waals surface area contributed by atoms with Gasteiger partial charge in [-0.3, -0.25) is 13.9 Å². The minimum Gasteiger partial charge on any atom is -0.354 e. The minimum absolute atomic E-state index is 0.0146. The molecule has 0 unspecified atom stereocenters. The van der Waals surface area contributed by atoms with Crippen LogP contribution in [0.4, 0.5) is 5.69 Å². The number of nitrogens with one attached hydrogen (secondary N) is 1. The lowest BCUT2D eigenvalue weighted by atomic mass is 10.1. The van der Waals surface area contributed by atoms with E-state index < -0.39 is 28.5 Å². The Hall–Kier alpha value is -2.00. The van der Waals surface area contributed by atoms with Crippen molar-refractivity contribution in [2.24, 2.45) is 5.92 Å². The average Bonchev–Trinajstić information content (AvgIpc) is 2.74. The normalized spacial score (nSPS) is 12.4. The van der Waals surface area contributed by atoms with Crippen molar-refractivity contribution in [1.82, 2.24) is 10.2 Å². The summed E-state index contributed by atoms with van der Waals surface area (Å²) in [5.41, 5.74) is 0.730. The number of rotatable bonds is 10. The maximum absolute atomic E-state index is 13.5. The Morgan fingerprint density at radius 3 is 2.21 bits per heavy atom. The largest absolute Gasteiger partial charge is 0.354 e. The van der Waals surface area contributed by atoms with Crippen molar-refractivity contribution in [2.45, 2.75) is 33.4 Å². The topological polar surface area (TPSA) is 86.8 Å². The Morgan fingerprint density at radius 2 is 1.65 bits per heavy atom. The lowest BCUT2D eigenvalue weighted by Crippen LogP contribution is -2.51. The van der Waals surface area contributed by atoms with Gasteiger partial charge in [0.2, 0.25) is 21.8 Å². The molecule has 0 aliphatic carbocycles. The van der Waals surface area contributed by atoms with Gasteiger partial charge in [0, 0.05) is 23.1 Å². The monoisotopic (exact) mass is 547 g/mol. The van der Waals surface area contributed by atoms with Crippen LogP contribution in [0.3, 0.4) is 0 Å². The highest BCUT2D eigenvalue weighted by molar-refractivity contribution is 7.92. The number of sulfonamides is 1. The van der Waals surface area contributed by atoms with Crippen molar-refractivity contribution < 1.29 is 18.0 Å². The first-order chi connectivity index (χ1) is 15.8. The standard InChI is InChI=1S/C23H28Cl3N3O4S/c1-15(2)12-27-23(31)16(3)28(13-17-7-5-6-8-19(17)25)22(30)14-29(34(4,32)33)21-10-9-18(24)11-20(21)26/h5-11,15-16H,12-14H2,1-4H3,(H,27,31)/t16-/m1/s1. The summed E-state index contributed by atoms with van der Waals surface area (Å²) in [6, 6.07) is 10.4. The zero-order valence-corrected chi connectivity index (χ0v) is 22.5. The van der Waals surface area contributed by atoms with Crippen LogP contribution in [0.2, 0.25) is 15.1 Å². The maximum atomic E-state index is 13.5. The van der Waals surface area contributed by atoms with Crippen LogP contribution in [-0.2, 0) is 26.2 Å². The van der Waals surface area contributed by atoms with E-state index in [-0.39, 0.29) is 29.1 Å². The molecule has 2 aromatic carbocycles. The fraction of sp³-hybridized carbons (Fsp3) is 0.391. The van der Waals surface area contributed by atoms with E-state index in [2.05, 4.69) is 5.32 Å². The van der Waals surface area contributed by atoms with Crippen molar-refractivity contribution in [3.05, 3.63) is 63.1 Å². The van der Waals surface area contributed by atoms with E-state index in [4.69, 9.17) is 34.8 Å². The van der Waals surface area contributed by atoms with Crippen LogP contribution in [0.5, 0.6) is 0 Å². The molecule has 0 fully saturated rings. The first-order valence-electron chi connectivity index (χ1n) is 10.5. The third kappa shape index (κ3) is 7.77. The maximum Gasteiger partial charge on any atom is 0.244 e. The molecule has 2 rings (SSSR count). The predicted molar refractivity (Wildman–Crippen MR) is 138 cm³/mol. The van der Waals surface area contributed by atoms with Gasteiger partial charge in [-0.2, -0.15) is 0 Å². The number of amides is 2. The van der Waals surface area contributed by atoms with Gasteiger partial charge in [-0.1, -0.05) is 66.8 Å². The number of benzene rings is 2. The highest BCUT2D eigenvalue weighted by atomic mass is 35.5. The molecule has 1 N–H and O–H groups in total. The molecule has 0 heterocycles. The Bertz CT molecular complexity index is 1140. The molecule has 0 radical (unpaired) electrons. The van der Waals surface area contributed by atoms with Gasteiger partial charge in [-0.25, -0.2) is 8.42 Å². The second kappa shape index (κ2) is 12.1. The Morgan fingerprint density at radius 1 is 1.00 bits per heavy atom. The molecule has 1 atom stereocenters. The van der Waals surface area contributed by atoms with Gasteiger partial charge in [-0.05, 0) is 42.7 Å². The van der Waals surface area contributed by atoms with Crippen LogP contribution >= 0.6 is 34.8 Å². The molecule has 186 valence electrons. The zero-order chi connectivity index (χ0) is 25.6. The van der Waals surface area contributed by atoms with Crippen molar-refractivity contribution >= 4 is 62.3 Å². The van der Waals surface area contributed by atoms with Crippen LogP contribution in [0.25, 0.3) is 0 Å². The molecule has 2 aromatic rings. The van der Waals surface area contributed by atoms with Gasteiger partial charge in [0.1, 0.15) is 12.6 Å². The average molecular weight is 549 g/mol. The molecule has 7 nitrogen and oxygen atoms in total. The number of hydrogen-bond acceptors (Lipinski definition) is 4. The van der Waals surface area contributed by atoms with E-state index in [1.54, 1.807) is 31.2 Å². The molecule has 0 aromatic heterocycles. The van der Waals surface area contributed by atoms with E-state index in [1.165, 1.54) is 23.1 Å². The summed E-state index contributed by atoms with van der Waals surface area (Å²) < 4.78 is 26.1. The molecule has 0 aliphatic heterocycles. The summed E-state index contributed by atoms with van der Waals surface area (Å²) in [6.45, 7) is 5.39. The zero-order valence-electron chi connectivity index (χ0n) is 19.4. The number of nitrogens with zero attached hydrogens (tertiary/aromatic N) is 2. The summed E-state index contributed by atoms with van der Waals surface area (Å²) in [4.78, 5) is 27.6. The minimum atomic E-state index is -3.90. The number of hydrogen-bond donors (Lipinski definition) is 1. The molecule has 2 amide bonds. The van der Waals surface area contributed by atoms with Crippen LogP contribution < -0.4 is 9.62 Å². The number of anilines is 1. The summed E-state index contributed by atoms with van der Waals surface area (Å²) in [7, 11) is -3.90. The van der Waals surface area contributed by atoms with E-state index in [0.717, 1.165) is 10.6 Å². The molecule has 0 saturated heterocycles. The van der Waals surface area contributed by atoms with Gasteiger partial charge in [0.15, 0.2) is 0 Å². The molecule has 0 spiro atoms. The first kappa shape index (κ1) is 28.2. The second-order valence-electron chi connectivity index (χ2n) is 8.29. The van der Waals surface area contributed by atoms with Crippen molar-refractivity contribution in [3.63, 3.8) is 0 Å². The molecular formula is C23H28Cl3N3O4S. The molecule has 0 aliphatic rings. The molecule has 0 bridgehead atoms. The van der Waals surface area contributed by atoms with Crippen molar-refractivity contribution in [1.29, 1.82) is 0 Å². The van der Waals surface area contributed by atoms with Gasteiger partial charge in [-0.15, -0.1) is 0 Å². The third-order valence-corrected chi connectivity index (χ3v) is 7.04. The fourth-order valence-electron chi connectivity index (χ4n) is 3.12. The highest BCUT2D eigenvalue weighted by Crippen LogP contribution is 2.30. The van der Waals surface area contributed by atoms with Crippen LogP contribution in [0.15, 0.2) is 42.5 Å². The smallest absolute Gasteiger partial charge is 0.244 e. The summed E-state index contributed by atoms with van der Waals surface area (Å²) in [6.07, 6.45) is 0.975. The van der Waals surface area contributed by atoms with Gasteiger partial charge >= 0.3 is 0 Å². The lowest BCUT2D eigenvalue weighted by Gasteiger charge is -2.32. The van der Waals surface area contributed by atoms with Gasteiger partial charge < -0.3 is 10.2 Å². The number of carbonyl (C=O) groups excluding carboxylic acids is 2. The van der Waals surface area contributed by atoms with E-state index in [1.807, 2.05) is 13.8 Å². The quantitative estimate of drug-likeness (QED) is 0.470. The number of halogens is 3. The SMILES string of the molecule is CC(C)CNC(=O)[C@@H](C)N(Cc1ccccc1Cl)C(=O)CN(c1ccc(Cl)cc1Cl)S(C)(=O)=O. The van der Waals surface area contributed by atoms with Crippen LogP contribution in [0, 0.1) is 5.92 Å². The summed E-state index contributed by atoms with van der Waals surface area (Å²) in [5, 5.41) is 3.64. The number of carbonyl (C=O) groups is 2. The van der Waals surface area contributed by atoms with Gasteiger partial charge in [0.05, 0.1) is 17.0 Å². The first-order valence-corrected chi connectivity index (χ1v) is 13.5. The van der Waals surface area contributed by atoms with Crippen molar-refractivity contribution in [2.75, 3.05) is 23.7 Å². The van der Waals surface area contributed by atoms with Crippen molar-refractivity contribution in [3.8, 4) is 0 Å². The molecule has 0 saturated carbocycles. The predicted octanol–water partition coefficient (Wildman–Crippen LogP) is 4.60. The summed E-state index contributed by atoms with van der Waals surface area (Å²) in [5.74, 6) is -0.732. The third-order valence-electron chi connectivity index (χ3n) is 5.01. The Kier molecular flexibility index (Phi) is 10.1. The van der Waals surface area contributed by atoms with E-state index in [0.29, 0.717) is 22.2 Å². The molecule has 11 heteroatoms. The molecule has 34 heavy (non-hydrogen) atoms. The van der Waals surface area contributed by atoms with Crippen LogP contribution in [-0.4, -0.2) is 50.5 Å². The van der Waals surface area contributed by atoms with Gasteiger partial charge in [0.25, 0.3) is 0 Å². The van der Waals surface area contributed by atoms with E-state index in [9.17, 15) is 18.0 Å². The molecular weight excluding hydrogens is 521 g/mol.